The molecule has 1 N–H and O–H groups in total. The van der Waals surface area contributed by atoms with Crippen LogP contribution in [0.5, 0.6) is 23.0 Å². The predicted octanol–water partition coefficient (Wildman–Crippen LogP) is 4.35. The van der Waals surface area contributed by atoms with Crippen LogP contribution in [0.3, 0.4) is 0 Å². The monoisotopic (exact) mass is 434 g/mol. The Balaban J connectivity index is 1.83. The predicted molar refractivity (Wildman–Crippen MR) is 115 cm³/mol. The number of hydrogen-bond acceptors (Lipinski definition) is 7. The number of nitrogens with zero attached hydrogens (tertiary/aromatic N) is 1. The van der Waals surface area contributed by atoms with E-state index in [-0.39, 0.29) is 0 Å². The van der Waals surface area contributed by atoms with Crippen LogP contribution in [0.15, 0.2) is 35.4 Å². The summed E-state index contributed by atoms with van der Waals surface area (Å²) >= 11 is 7.64. The lowest BCUT2D eigenvalue weighted by Gasteiger charge is -2.11. The summed E-state index contributed by atoms with van der Waals surface area (Å²) in [4.78, 5) is 12.9. The van der Waals surface area contributed by atoms with Gasteiger partial charge in [0.25, 0.3) is 5.91 Å². The van der Waals surface area contributed by atoms with Gasteiger partial charge in [-0.1, -0.05) is 11.6 Å². The van der Waals surface area contributed by atoms with Crippen molar-refractivity contribution in [2.45, 2.75) is 0 Å². The normalized spacial score (nSPS) is 10.9. The summed E-state index contributed by atoms with van der Waals surface area (Å²) in [5.41, 5.74) is 3.10. The maximum atomic E-state index is 12.6. The first-order valence-corrected chi connectivity index (χ1v) is 9.61. The van der Waals surface area contributed by atoms with Crippen LogP contribution in [0, 0.1) is 0 Å². The standard InChI is InChI=1S/C20H19ClN2O5S/c1-25-12-5-6-13-17(8-12)29-19(18(13)21)20(24)23-22-10-11-7-15(27-3)16(28-4)9-14(11)26-2/h5-10H,1-4H3,(H,23,24). The zero-order valence-electron chi connectivity index (χ0n) is 16.2. The minimum absolute atomic E-state index is 0.367. The Bertz CT molecular complexity index is 1080. The first kappa shape index (κ1) is 20.8. The number of halogens is 1. The smallest absolute Gasteiger partial charge is 0.283 e. The molecule has 0 saturated carbocycles. The van der Waals surface area contributed by atoms with E-state index in [1.54, 1.807) is 25.3 Å². The number of hydrazone groups is 1. The number of carbonyl (C=O) groups is 1. The van der Waals surface area contributed by atoms with Crippen LogP contribution in [0.1, 0.15) is 15.2 Å². The second kappa shape index (κ2) is 9.02. The van der Waals surface area contributed by atoms with E-state index in [0.29, 0.717) is 38.5 Å². The first-order chi connectivity index (χ1) is 14.0. The second-order valence-corrected chi connectivity index (χ2v) is 7.19. The fourth-order valence-electron chi connectivity index (χ4n) is 2.68. The van der Waals surface area contributed by atoms with Gasteiger partial charge in [0.05, 0.1) is 39.7 Å². The fourth-order valence-corrected chi connectivity index (χ4v) is 4.12. The van der Waals surface area contributed by atoms with Gasteiger partial charge in [-0.05, 0) is 24.3 Å². The van der Waals surface area contributed by atoms with Crippen LogP contribution in [0.4, 0.5) is 0 Å². The van der Waals surface area contributed by atoms with Gasteiger partial charge in [0.2, 0.25) is 0 Å². The van der Waals surface area contributed by atoms with Crippen LogP contribution in [0.25, 0.3) is 10.1 Å². The van der Waals surface area contributed by atoms with Crippen molar-refractivity contribution in [3.05, 3.63) is 45.8 Å². The Labute approximate surface area is 176 Å². The van der Waals surface area contributed by atoms with E-state index in [1.807, 2.05) is 12.1 Å². The Morgan fingerprint density at radius 3 is 2.34 bits per heavy atom. The van der Waals surface area contributed by atoms with Gasteiger partial charge in [-0.3, -0.25) is 4.79 Å². The highest BCUT2D eigenvalue weighted by molar-refractivity contribution is 7.21. The molecule has 2 aromatic carbocycles. The van der Waals surface area contributed by atoms with E-state index in [1.165, 1.54) is 38.9 Å². The molecule has 0 spiro atoms. The first-order valence-electron chi connectivity index (χ1n) is 8.41. The molecule has 7 nitrogen and oxygen atoms in total. The van der Waals surface area contributed by atoms with E-state index >= 15 is 0 Å². The minimum atomic E-state index is -0.411. The summed E-state index contributed by atoms with van der Waals surface area (Å²) < 4.78 is 21.9. The van der Waals surface area contributed by atoms with E-state index in [2.05, 4.69) is 10.5 Å². The van der Waals surface area contributed by atoms with Crippen LogP contribution < -0.4 is 24.4 Å². The third kappa shape index (κ3) is 4.23. The highest BCUT2D eigenvalue weighted by atomic mass is 35.5. The lowest BCUT2D eigenvalue weighted by molar-refractivity contribution is 0.0959. The Morgan fingerprint density at radius 2 is 1.69 bits per heavy atom. The van der Waals surface area contributed by atoms with E-state index in [0.717, 1.165) is 10.1 Å². The molecule has 29 heavy (non-hydrogen) atoms. The maximum Gasteiger partial charge on any atom is 0.283 e. The largest absolute Gasteiger partial charge is 0.497 e. The van der Waals surface area contributed by atoms with Gasteiger partial charge in [-0.15, -0.1) is 11.3 Å². The maximum absolute atomic E-state index is 12.6. The molecular formula is C20H19ClN2O5S. The van der Waals surface area contributed by atoms with Gasteiger partial charge in [0.1, 0.15) is 16.4 Å². The minimum Gasteiger partial charge on any atom is -0.497 e. The fraction of sp³-hybridized carbons (Fsp3) is 0.200. The number of methoxy groups -OCH3 is 4. The lowest BCUT2D eigenvalue weighted by atomic mass is 10.2. The summed E-state index contributed by atoms with van der Waals surface area (Å²) in [6.45, 7) is 0. The molecule has 0 saturated heterocycles. The third-order valence-corrected chi connectivity index (χ3v) is 5.80. The molecule has 0 radical (unpaired) electrons. The highest BCUT2D eigenvalue weighted by Crippen LogP contribution is 2.37. The molecule has 1 aromatic heterocycles. The van der Waals surface area contributed by atoms with E-state index in [4.69, 9.17) is 30.5 Å². The van der Waals surface area contributed by atoms with Gasteiger partial charge in [0, 0.05) is 21.7 Å². The molecule has 0 aliphatic heterocycles. The molecule has 0 bridgehead atoms. The summed E-state index contributed by atoms with van der Waals surface area (Å²) in [7, 11) is 6.19. The van der Waals surface area contributed by atoms with Crippen molar-refractivity contribution < 1.29 is 23.7 Å². The molecule has 0 aliphatic rings. The number of thiophene rings is 1. The van der Waals surface area contributed by atoms with Crippen LogP contribution in [-0.4, -0.2) is 40.6 Å². The van der Waals surface area contributed by atoms with E-state index in [9.17, 15) is 4.79 Å². The van der Waals surface area contributed by atoms with Crippen molar-refractivity contribution in [2.24, 2.45) is 5.10 Å². The molecule has 0 fully saturated rings. The van der Waals surface area contributed by atoms with Crippen molar-refractivity contribution in [2.75, 3.05) is 28.4 Å². The summed E-state index contributed by atoms with van der Waals surface area (Å²) in [5.74, 6) is 1.85. The molecule has 1 heterocycles. The molecule has 0 unspecified atom stereocenters. The molecule has 0 aliphatic carbocycles. The number of rotatable bonds is 7. The molecule has 3 aromatic rings. The lowest BCUT2D eigenvalue weighted by Crippen LogP contribution is -2.16. The number of hydrogen-bond donors (Lipinski definition) is 1. The molecule has 1 amide bonds. The zero-order chi connectivity index (χ0) is 21.0. The molecule has 152 valence electrons. The van der Waals surface area contributed by atoms with Crippen molar-refractivity contribution in [3.8, 4) is 23.0 Å². The Kier molecular flexibility index (Phi) is 6.46. The van der Waals surface area contributed by atoms with Crippen LogP contribution >= 0.6 is 22.9 Å². The van der Waals surface area contributed by atoms with Crippen molar-refractivity contribution >= 4 is 45.1 Å². The Morgan fingerprint density at radius 1 is 1.00 bits per heavy atom. The zero-order valence-corrected chi connectivity index (χ0v) is 17.8. The van der Waals surface area contributed by atoms with Crippen molar-refractivity contribution in [1.82, 2.24) is 5.43 Å². The number of fused-ring (bicyclic) bond motifs is 1. The highest BCUT2D eigenvalue weighted by Gasteiger charge is 2.17. The average molecular weight is 435 g/mol. The second-order valence-electron chi connectivity index (χ2n) is 5.76. The number of nitrogens with one attached hydrogen (secondary N) is 1. The molecular weight excluding hydrogens is 416 g/mol. The summed E-state index contributed by atoms with van der Waals surface area (Å²) in [5, 5.41) is 5.19. The molecule has 9 heteroatoms. The Hall–Kier alpha value is -2.97. The van der Waals surface area contributed by atoms with Gasteiger partial charge in [0.15, 0.2) is 11.5 Å². The van der Waals surface area contributed by atoms with E-state index < -0.39 is 5.91 Å². The van der Waals surface area contributed by atoms with Gasteiger partial charge in [-0.2, -0.15) is 5.10 Å². The molecule has 3 rings (SSSR count). The third-order valence-electron chi connectivity index (χ3n) is 4.15. The SMILES string of the molecule is COc1ccc2c(Cl)c(C(=O)NN=Cc3cc(OC)c(OC)cc3OC)sc2c1. The number of ether oxygens (including phenoxy) is 4. The number of benzene rings is 2. The topological polar surface area (TPSA) is 78.4 Å². The van der Waals surface area contributed by atoms with Gasteiger partial charge < -0.3 is 18.9 Å². The molecule has 0 atom stereocenters. The van der Waals surface area contributed by atoms with Crippen molar-refractivity contribution in [1.29, 1.82) is 0 Å². The van der Waals surface area contributed by atoms with Crippen LogP contribution in [-0.2, 0) is 0 Å². The van der Waals surface area contributed by atoms with Crippen LogP contribution in [0.2, 0.25) is 5.02 Å². The quantitative estimate of drug-likeness (QED) is 0.441. The summed E-state index contributed by atoms with van der Waals surface area (Å²) in [6, 6.07) is 8.83. The number of amides is 1. The van der Waals surface area contributed by atoms with Gasteiger partial charge in [-0.25, -0.2) is 5.43 Å². The summed E-state index contributed by atoms with van der Waals surface area (Å²) in [6.07, 6.45) is 1.46. The van der Waals surface area contributed by atoms with Crippen molar-refractivity contribution in [3.63, 3.8) is 0 Å². The van der Waals surface area contributed by atoms with Gasteiger partial charge >= 0.3 is 0 Å². The number of carbonyl (C=O) groups excluding carboxylic acids is 1. The average Bonchev–Trinajstić information content (AvgIpc) is 3.08.